The van der Waals surface area contributed by atoms with Crippen molar-refractivity contribution in [3.63, 3.8) is 0 Å². The van der Waals surface area contributed by atoms with Crippen molar-refractivity contribution >= 4 is 55.9 Å². The van der Waals surface area contributed by atoms with E-state index < -0.39 is 21.7 Å². The van der Waals surface area contributed by atoms with Gasteiger partial charge >= 0.3 is 0 Å². The Morgan fingerprint density at radius 1 is 1.12 bits per heavy atom. The maximum atomic E-state index is 12.9. The minimum Gasteiger partial charge on any atom is -0.320 e. The van der Waals surface area contributed by atoms with Crippen molar-refractivity contribution in [1.82, 2.24) is 14.9 Å². The number of thiophene rings is 1. The smallest absolute Gasteiger partial charge is 0.286 e. The average molecular weight is 433 g/mol. The Balaban J connectivity index is 1.62. The molecule has 0 saturated carbocycles. The molecule has 0 fully saturated rings. The molecule has 2 heterocycles. The Morgan fingerprint density at radius 2 is 1.85 bits per heavy atom. The summed E-state index contributed by atoms with van der Waals surface area (Å²) in [5.74, 6) is -0.936. The largest absolute Gasteiger partial charge is 0.320 e. The van der Waals surface area contributed by atoms with E-state index in [9.17, 15) is 17.6 Å². The van der Waals surface area contributed by atoms with Crippen LogP contribution in [0.1, 0.15) is 14.8 Å². The number of carbonyl (C=O) groups excluding carboxylic acids is 1. The second kappa shape index (κ2) is 7.76. The summed E-state index contributed by atoms with van der Waals surface area (Å²) in [7, 11) is -3.71. The molecule has 0 unspecified atom stereocenters. The number of aromatic nitrogens is 2. The Kier molecular flexibility index (Phi) is 5.63. The van der Waals surface area contributed by atoms with Crippen LogP contribution in [0.15, 0.2) is 40.6 Å². The molecule has 1 aromatic carbocycles. The van der Waals surface area contributed by atoms with Crippen LogP contribution in [0.2, 0.25) is 4.34 Å². The monoisotopic (exact) mass is 432 g/mol. The summed E-state index contributed by atoms with van der Waals surface area (Å²) in [6, 6.07) is 8.14. The first-order valence-electron chi connectivity index (χ1n) is 6.98. The first-order chi connectivity index (χ1) is 12.3. The predicted octanol–water partition coefficient (Wildman–Crippen LogP) is 3.12. The van der Waals surface area contributed by atoms with Crippen LogP contribution in [0.25, 0.3) is 0 Å². The van der Waals surface area contributed by atoms with Gasteiger partial charge in [-0.2, -0.15) is 0 Å². The van der Waals surface area contributed by atoms with Crippen molar-refractivity contribution in [3.05, 3.63) is 56.6 Å². The van der Waals surface area contributed by atoms with Crippen LogP contribution in [-0.4, -0.2) is 24.5 Å². The van der Waals surface area contributed by atoms with Crippen LogP contribution in [0.4, 0.5) is 10.1 Å². The van der Waals surface area contributed by atoms with Crippen molar-refractivity contribution in [1.29, 1.82) is 0 Å². The number of hydrogen-bond donors (Lipinski definition) is 2. The summed E-state index contributed by atoms with van der Waals surface area (Å²) in [5.41, 5.74) is 0.406. The zero-order valence-corrected chi connectivity index (χ0v) is 16.0. The van der Waals surface area contributed by atoms with Gasteiger partial charge in [0.15, 0.2) is 0 Å². The van der Waals surface area contributed by atoms with Gasteiger partial charge in [-0.1, -0.05) is 22.9 Å². The Morgan fingerprint density at radius 3 is 2.50 bits per heavy atom. The van der Waals surface area contributed by atoms with Gasteiger partial charge in [0.2, 0.25) is 15.0 Å². The molecule has 1 amide bonds. The molecule has 2 N–H and O–H groups in total. The van der Waals surface area contributed by atoms with Crippen molar-refractivity contribution in [2.24, 2.45) is 0 Å². The summed E-state index contributed by atoms with van der Waals surface area (Å²) in [6.45, 7) is -0.112. The first kappa shape index (κ1) is 18.9. The van der Waals surface area contributed by atoms with E-state index in [1.807, 2.05) is 0 Å². The van der Waals surface area contributed by atoms with Crippen LogP contribution in [0.3, 0.4) is 0 Å². The summed E-state index contributed by atoms with van der Waals surface area (Å²) < 4.78 is 39.9. The summed E-state index contributed by atoms with van der Waals surface area (Å²) in [6.07, 6.45) is 0. The molecule has 0 saturated heterocycles. The number of nitrogens with one attached hydrogen (secondary N) is 2. The zero-order chi connectivity index (χ0) is 18.7. The molecule has 7 nitrogen and oxygen atoms in total. The van der Waals surface area contributed by atoms with Crippen LogP contribution in [-0.2, 0) is 16.6 Å². The quantitative estimate of drug-likeness (QED) is 0.623. The molecule has 26 heavy (non-hydrogen) atoms. The van der Waals surface area contributed by atoms with E-state index in [-0.39, 0.29) is 15.8 Å². The molecule has 3 rings (SSSR count). The van der Waals surface area contributed by atoms with Gasteiger partial charge in [0.1, 0.15) is 15.0 Å². The van der Waals surface area contributed by atoms with Crippen LogP contribution in [0.5, 0.6) is 0 Å². The number of benzene rings is 1. The molecule has 0 atom stereocenters. The van der Waals surface area contributed by atoms with E-state index in [0.29, 0.717) is 15.0 Å². The van der Waals surface area contributed by atoms with E-state index in [2.05, 4.69) is 20.2 Å². The van der Waals surface area contributed by atoms with Gasteiger partial charge in [-0.25, -0.2) is 17.5 Å². The van der Waals surface area contributed by atoms with Gasteiger partial charge in [0.05, 0.1) is 10.9 Å². The molecule has 0 spiro atoms. The molecule has 0 bridgehead atoms. The molecule has 0 radical (unpaired) electrons. The number of amides is 1. The molecule has 0 aliphatic heterocycles. The van der Waals surface area contributed by atoms with Crippen LogP contribution < -0.4 is 10.0 Å². The highest BCUT2D eigenvalue weighted by Crippen LogP contribution is 2.25. The van der Waals surface area contributed by atoms with Gasteiger partial charge in [0.25, 0.3) is 5.91 Å². The zero-order valence-electron chi connectivity index (χ0n) is 12.8. The first-order valence-corrected chi connectivity index (χ1v) is 10.5. The van der Waals surface area contributed by atoms with E-state index in [1.54, 1.807) is 0 Å². The summed E-state index contributed by atoms with van der Waals surface area (Å²) >= 11 is 7.62. The average Bonchev–Trinajstić information content (AvgIpc) is 3.24. The molecule has 0 aliphatic carbocycles. The van der Waals surface area contributed by atoms with Gasteiger partial charge < -0.3 is 5.32 Å². The lowest BCUT2D eigenvalue weighted by Crippen LogP contribution is -2.22. The highest BCUT2D eigenvalue weighted by Gasteiger charge is 2.18. The molecule has 0 aliphatic rings. The highest BCUT2D eigenvalue weighted by atomic mass is 35.5. The van der Waals surface area contributed by atoms with Crippen molar-refractivity contribution < 1.29 is 17.6 Å². The van der Waals surface area contributed by atoms with E-state index in [4.69, 9.17) is 11.6 Å². The topological polar surface area (TPSA) is 101 Å². The lowest BCUT2D eigenvalue weighted by Gasteiger charge is -2.02. The number of carbonyl (C=O) groups is 1. The maximum Gasteiger partial charge on any atom is 0.286 e. The highest BCUT2D eigenvalue weighted by molar-refractivity contribution is 7.91. The SMILES string of the molecule is O=C(Nc1ccc(F)cc1)c1nnc(CNS(=O)(=O)c2ccc(Cl)s2)s1. The molecule has 136 valence electrons. The fraction of sp³-hybridized carbons (Fsp3) is 0.0714. The lowest BCUT2D eigenvalue weighted by molar-refractivity contribution is 0.102. The van der Waals surface area contributed by atoms with Gasteiger partial charge in [-0.05, 0) is 36.4 Å². The van der Waals surface area contributed by atoms with Crippen molar-refractivity contribution in [3.8, 4) is 0 Å². The molecular formula is C14H10ClFN4O3S3. The van der Waals surface area contributed by atoms with E-state index in [0.717, 1.165) is 22.7 Å². The third-order valence-corrected chi connectivity index (χ3v) is 7.04. The van der Waals surface area contributed by atoms with E-state index >= 15 is 0 Å². The minimum atomic E-state index is -3.71. The second-order valence-electron chi connectivity index (χ2n) is 4.85. The lowest BCUT2D eigenvalue weighted by atomic mass is 10.3. The predicted molar refractivity (Wildman–Crippen MR) is 97.6 cm³/mol. The molecule has 2 aromatic heterocycles. The van der Waals surface area contributed by atoms with E-state index in [1.165, 1.54) is 36.4 Å². The number of rotatable bonds is 6. The van der Waals surface area contributed by atoms with Crippen molar-refractivity contribution in [2.75, 3.05) is 5.32 Å². The molecule has 3 aromatic rings. The third kappa shape index (κ3) is 4.62. The van der Waals surface area contributed by atoms with Crippen LogP contribution in [0, 0.1) is 5.82 Å². The molecular weight excluding hydrogens is 423 g/mol. The van der Waals surface area contributed by atoms with Gasteiger partial charge in [0, 0.05) is 5.69 Å². The fourth-order valence-electron chi connectivity index (χ4n) is 1.80. The Bertz CT molecular complexity index is 1030. The number of nitrogens with zero attached hydrogens (tertiary/aromatic N) is 2. The van der Waals surface area contributed by atoms with Gasteiger partial charge in [-0.3, -0.25) is 4.79 Å². The van der Waals surface area contributed by atoms with Crippen LogP contribution >= 0.6 is 34.3 Å². The fourth-order valence-corrected chi connectivity index (χ4v) is 5.09. The van der Waals surface area contributed by atoms with Crippen molar-refractivity contribution in [2.45, 2.75) is 10.8 Å². The number of anilines is 1. The standard InChI is InChI=1S/C14H10ClFN4O3S3/c15-10-5-6-12(24-10)26(22,23)17-7-11-19-20-14(25-11)13(21)18-9-3-1-8(16)2-4-9/h1-6,17H,7H2,(H,18,21). The Labute approximate surface area is 160 Å². The second-order valence-corrected chi connectivity index (χ2v) is 9.62. The number of halogens is 2. The minimum absolute atomic E-state index is 0.0580. The summed E-state index contributed by atoms with van der Waals surface area (Å²) in [5, 5.41) is 10.5. The van der Waals surface area contributed by atoms with Gasteiger partial charge in [-0.15, -0.1) is 21.5 Å². The summed E-state index contributed by atoms with van der Waals surface area (Å²) in [4.78, 5) is 12.1. The molecule has 12 heteroatoms. The third-order valence-electron chi connectivity index (χ3n) is 2.99. The normalized spacial score (nSPS) is 11.5. The Hall–Kier alpha value is -1.92. The number of sulfonamides is 1. The number of hydrogen-bond acceptors (Lipinski definition) is 7. The maximum absolute atomic E-state index is 12.9.